The van der Waals surface area contributed by atoms with Gasteiger partial charge in [0.15, 0.2) is 0 Å². The van der Waals surface area contributed by atoms with E-state index >= 15 is 0 Å². The first kappa shape index (κ1) is 14.5. The average molecular weight is 252 g/mol. The van der Waals surface area contributed by atoms with Gasteiger partial charge in [0.1, 0.15) is 5.75 Å². The summed E-state index contributed by atoms with van der Waals surface area (Å²) in [6.07, 6.45) is 0. The molecule has 0 N–H and O–H groups in total. The molecule has 1 rings (SSSR count). The van der Waals surface area contributed by atoms with Crippen LogP contribution in [-0.2, 0) is 20.9 Å². The van der Waals surface area contributed by atoms with Gasteiger partial charge in [-0.25, -0.2) is 0 Å². The first-order valence-electron chi connectivity index (χ1n) is 5.96. The minimum absolute atomic E-state index is 0.201. The zero-order chi connectivity index (χ0) is 13.4. The van der Waals surface area contributed by atoms with Gasteiger partial charge < -0.3 is 14.2 Å². The van der Waals surface area contributed by atoms with Crippen molar-refractivity contribution in [3.63, 3.8) is 0 Å². The Bertz CT molecular complexity index is 359. The number of rotatable bonds is 7. The van der Waals surface area contributed by atoms with E-state index in [1.165, 1.54) is 6.92 Å². The molecular formula is C14H20O4. The molecule has 0 aliphatic rings. The Morgan fingerprint density at radius 2 is 1.89 bits per heavy atom. The van der Waals surface area contributed by atoms with Gasteiger partial charge in [-0.3, -0.25) is 4.79 Å². The number of carbonyl (C=O) groups is 1. The largest absolute Gasteiger partial charge is 0.497 e. The summed E-state index contributed by atoms with van der Waals surface area (Å²) in [5.74, 6) is 0.783. The molecule has 100 valence electrons. The van der Waals surface area contributed by atoms with Crippen molar-refractivity contribution >= 4 is 5.97 Å². The van der Waals surface area contributed by atoms with Crippen molar-refractivity contribution in [2.75, 3.05) is 20.3 Å². The third kappa shape index (κ3) is 5.68. The number of carbonyl (C=O) groups excluding carboxylic acids is 1. The molecule has 0 aromatic heterocycles. The van der Waals surface area contributed by atoms with E-state index in [-0.39, 0.29) is 11.9 Å². The lowest BCUT2D eigenvalue weighted by Crippen LogP contribution is -2.14. The minimum atomic E-state index is -0.253. The van der Waals surface area contributed by atoms with Crippen molar-refractivity contribution in [1.29, 1.82) is 0 Å². The summed E-state index contributed by atoms with van der Waals surface area (Å²) in [5, 5.41) is 0. The molecule has 0 heterocycles. The van der Waals surface area contributed by atoms with Crippen LogP contribution in [0.15, 0.2) is 24.3 Å². The molecule has 0 saturated carbocycles. The second kappa shape index (κ2) is 7.71. The van der Waals surface area contributed by atoms with E-state index in [4.69, 9.17) is 14.2 Å². The molecule has 0 aliphatic heterocycles. The van der Waals surface area contributed by atoms with Crippen LogP contribution in [0.3, 0.4) is 0 Å². The Morgan fingerprint density at radius 3 is 2.44 bits per heavy atom. The van der Waals surface area contributed by atoms with E-state index in [0.717, 1.165) is 11.3 Å². The summed E-state index contributed by atoms with van der Waals surface area (Å²) in [4.78, 5) is 10.6. The van der Waals surface area contributed by atoms with Crippen LogP contribution < -0.4 is 4.74 Å². The quantitative estimate of drug-likeness (QED) is 0.699. The standard InChI is InChI=1S/C14H20O4/c1-11(9-18-12(2)15)8-17-10-13-4-6-14(16-3)7-5-13/h4-7,11H,8-10H2,1-3H3. The van der Waals surface area contributed by atoms with Crippen molar-refractivity contribution in [2.45, 2.75) is 20.5 Å². The Kier molecular flexibility index (Phi) is 6.22. The molecule has 4 nitrogen and oxygen atoms in total. The monoisotopic (exact) mass is 252 g/mol. The van der Waals surface area contributed by atoms with Crippen molar-refractivity contribution in [2.24, 2.45) is 5.92 Å². The lowest BCUT2D eigenvalue weighted by Gasteiger charge is -2.12. The molecule has 0 bridgehead atoms. The van der Waals surface area contributed by atoms with E-state index in [0.29, 0.717) is 19.8 Å². The van der Waals surface area contributed by atoms with Crippen molar-refractivity contribution in [3.8, 4) is 5.75 Å². The molecule has 1 aromatic carbocycles. The highest BCUT2D eigenvalue weighted by Gasteiger charge is 2.04. The highest BCUT2D eigenvalue weighted by Crippen LogP contribution is 2.12. The first-order valence-corrected chi connectivity index (χ1v) is 5.96. The number of hydrogen-bond acceptors (Lipinski definition) is 4. The Morgan fingerprint density at radius 1 is 1.22 bits per heavy atom. The smallest absolute Gasteiger partial charge is 0.302 e. The van der Waals surface area contributed by atoms with E-state index in [1.807, 2.05) is 31.2 Å². The minimum Gasteiger partial charge on any atom is -0.497 e. The fraction of sp³-hybridized carbons (Fsp3) is 0.500. The lowest BCUT2D eigenvalue weighted by atomic mass is 10.2. The maximum absolute atomic E-state index is 10.6. The summed E-state index contributed by atoms with van der Waals surface area (Å²) < 4.78 is 15.5. The molecule has 1 aromatic rings. The second-order valence-electron chi connectivity index (χ2n) is 4.27. The first-order chi connectivity index (χ1) is 8.61. The van der Waals surface area contributed by atoms with Gasteiger partial charge in [0.2, 0.25) is 0 Å². The zero-order valence-corrected chi connectivity index (χ0v) is 11.1. The molecule has 0 aliphatic carbocycles. The van der Waals surface area contributed by atoms with Crippen LogP contribution in [0, 0.1) is 5.92 Å². The topological polar surface area (TPSA) is 44.8 Å². The Labute approximate surface area is 108 Å². The number of hydrogen-bond donors (Lipinski definition) is 0. The van der Waals surface area contributed by atoms with Crippen LogP contribution in [0.25, 0.3) is 0 Å². The molecule has 4 heteroatoms. The van der Waals surface area contributed by atoms with Gasteiger partial charge in [-0.2, -0.15) is 0 Å². The fourth-order valence-electron chi connectivity index (χ4n) is 1.41. The predicted octanol–water partition coefficient (Wildman–Crippen LogP) is 2.41. The van der Waals surface area contributed by atoms with Crippen LogP contribution in [0.2, 0.25) is 0 Å². The van der Waals surface area contributed by atoms with E-state index < -0.39 is 0 Å². The van der Waals surface area contributed by atoms with E-state index in [1.54, 1.807) is 7.11 Å². The van der Waals surface area contributed by atoms with Gasteiger partial charge in [-0.1, -0.05) is 19.1 Å². The van der Waals surface area contributed by atoms with Gasteiger partial charge in [-0.15, -0.1) is 0 Å². The van der Waals surface area contributed by atoms with Crippen LogP contribution in [0.1, 0.15) is 19.4 Å². The number of benzene rings is 1. The average Bonchev–Trinajstić information content (AvgIpc) is 2.37. The van der Waals surface area contributed by atoms with Gasteiger partial charge in [0.25, 0.3) is 0 Å². The molecule has 0 saturated heterocycles. The number of methoxy groups -OCH3 is 1. The third-order valence-electron chi connectivity index (χ3n) is 2.40. The normalized spacial score (nSPS) is 11.9. The Hall–Kier alpha value is -1.55. The van der Waals surface area contributed by atoms with Crippen molar-refractivity contribution in [1.82, 2.24) is 0 Å². The Balaban J connectivity index is 2.22. The fourth-order valence-corrected chi connectivity index (χ4v) is 1.41. The molecule has 1 unspecified atom stereocenters. The summed E-state index contributed by atoms with van der Waals surface area (Å²) in [6, 6.07) is 7.74. The molecule has 0 spiro atoms. The van der Waals surface area contributed by atoms with E-state index in [2.05, 4.69) is 0 Å². The maximum atomic E-state index is 10.6. The predicted molar refractivity (Wildman–Crippen MR) is 68.4 cm³/mol. The number of ether oxygens (including phenoxy) is 3. The summed E-state index contributed by atoms with van der Waals surface area (Å²) in [5.41, 5.74) is 1.09. The third-order valence-corrected chi connectivity index (χ3v) is 2.40. The van der Waals surface area contributed by atoms with Gasteiger partial charge >= 0.3 is 5.97 Å². The molecular weight excluding hydrogens is 232 g/mol. The van der Waals surface area contributed by atoms with Crippen molar-refractivity contribution in [3.05, 3.63) is 29.8 Å². The van der Waals surface area contributed by atoms with Gasteiger partial charge in [-0.05, 0) is 17.7 Å². The maximum Gasteiger partial charge on any atom is 0.302 e. The van der Waals surface area contributed by atoms with Gasteiger partial charge in [0.05, 0.1) is 26.9 Å². The molecule has 0 fully saturated rings. The summed E-state index contributed by atoms with van der Waals surface area (Å²) >= 11 is 0. The van der Waals surface area contributed by atoms with E-state index in [9.17, 15) is 4.79 Å². The van der Waals surface area contributed by atoms with Gasteiger partial charge in [0, 0.05) is 12.8 Å². The SMILES string of the molecule is COc1ccc(COCC(C)COC(C)=O)cc1. The lowest BCUT2D eigenvalue weighted by molar-refractivity contribution is -0.142. The molecule has 1 atom stereocenters. The highest BCUT2D eigenvalue weighted by molar-refractivity contribution is 5.65. The van der Waals surface area contributed by atoms with Crippen LogP contribution in [0.4, 0.5) is 0 Å². The zero-order valence-electron chi connectivity index (χ0n) is 11.1. The van der Waals surface area contributed by atoms with Crippen LogP contribution in [0.5, 0.6) is 5.75 Å². The van der Waals surface area contributed by atoms with Crippen LogP contribution >= 0.6 is 0 Å². The van der Waals surface area contributed by atoms with Crippen molar-refractivity contribution < 1.29 is 19.0 Å². The molecule has 18 heavy (non-hydrogen) atoms. The molecule has 0 radical (unpaired) electrons. The highest BCUT2D eigenvalue weighted by atomic mass is 16.5. The number of esters is 1. The second-order valence-corrected chi connectivity index (χ2v) is 4.27. The summed E-state index contributed by atoms with van der Waals surface area (Å²) in [7, 11) is 1.64. The van der Waals surface area contributed by atoms with Crippen LogP contribution in [-0.4, -0.2) is 26.3 Å². The molecule has 0 amide bonds. The summed E-state index contributed by atoms with van der Waals surface area (Å²) in [6.45, 7) is 4.91.